The minimum Gasteiger partial charge on any atom is -0.458 e. The molecule has 0 bridgehead atoms. The van der Waals surface area contributed by atoms with Gasteiger partial charge < -0.3 is 74.1 Å². The molecule has 488 valence electrons. The molecule has 17 atom stereocenters. The maximum absolute atomic E-state index is 14.4. The summed E-state index contributed by atoms with van der Waals surface area (Å²) in [6.07, 6.45) is -4.41. The summed E-state index contributed by atoms with van der Waals surface area (Å²) in [7, 11) is 1.62. The lowest BCUT2D eigenvalue weighted by Gasteiger charge is -2.32. The van der Waals surface area contributed by atoms with Crippen molar-refractivity contribution in [1.82, 2.24) is 58.5 Å². The van der Waals surface area contributed by atoms with Crippen LogP contribution in [0.25, 0.3) is 0 Å². The van der Waals surface area contributed by atoms with E-state index in [2.05, 4.69) is 58.5 Å². The van der Waals surface area contributed by atoms with E-state index in [1.165, 1.54) is 20.8 Å². The lowest BCUT2D eigenvalue weighted by atomic mass is 9.94. The lowest BCUT2D eigenvalue weighted by molar-refractivity contribution is -0.157. The molecule has 1 aromatic carbocycles. The molecule has 1 aliphatic heterocycles. The van der Waals surface area contributed by atoms with Gasteiger partial charge in [-0.25, -0.2) is 13.6 Å². The smallest absolute Gasteiger partial charge is 0.329 e. The summed E-state index contributed by atoms with van der Waals surface area (Å²) in [6, 6.07) is -4.58. The first kappa shape index (κ1) is 73.9. The molecule has 87 heavy (non-hydrogen) atoms. The molecule has 1 heterocycles. The highest BCUT2D eigenvalue weighted by molar-refractivity contribution is 5.99. The minimum absolute atomic E-state index is 0.0153. The van der Waals surface area contributed by atoms with Crippen LogP contribution in [0.2, 0.25) is 0 Å². The van der Waals surface area contributed by atoms with Crippen LogP contribution in [0, 0.1) is 29.6 Å². The van der Waals surface area contributed by atoms with Crippen molar-refractivity contribution < 1.29 is 76.2 Å². The molecule has 26 nitrogen and oxygen atoms in total. The van der Waals surface area contributed by atoms with E-state index in [1.807, 2.05) is 37.3 Å². The molecule has 1 saturated carbocycles. The third-order valence-corrected chi connectivity index (χ3v) is 16.6. The highest BCUT2D eigenvalue weighted by Gasteiger charge is 2.57. The van der Waals surface area contributed by atoms with Gasteiger partial charge in [0.05, 0.1) is 18.2 Å². The molecule has 2 fully saturated rings. The minimum atomic E-state index is -2.75. The van der Waals surface area contributed by atoms with Crippen molar-refractivity contribution in [1.29, 1.82) is 0 Å². The van der Waals surface area contributed by atoms with Crippen LogP contribution in [0.4, 0.5) is 8.78 Å². The van der Waals surface area contributed by atoms with E-state index in [-0.39, 0.29) is 31.6 Å². The van der Waals surface area contributed by atoms with Crippen LogP contribution in [-0.2, 0) is 68.7 Å². The summed E-state index contributed by atoms with van der Waals surface area (Å²) in [5.41, 5.74) is 4.93. The third-order valence-electron chi connectivity index (χ3n) is 16.6. The molecule has 2 aliphatic rings. The zero-order chi connectivity index (χ0) is 65.6. The number of carbonyl (C=O) groups excluding carboxylic acids is 12. The van der Waals surface area contributed by atoms with Gasteiger partial charge in [-0.05, 0) is 82.2 Å². The van der Waals surface area contributed by atoms with Crippen LogP contribution in [0.3, 0.4) is 0 Å². The van der Waals surface area contributed by atoms with Crippen molar-refractivity contribution in [3.63, 3.8) is 0 Å². The van der Waals surface area contributed by atoms with Gasteiger partial charge in [0.15, 0.2) is 0 Å². The first-order chi connectivity index (χ1) is 40.9. The second-order valence-electron chi connectivity index (χ2n) is 23.3. The highest BCUT2D eigenvalue weighted by Crippen LogP contribution is 2.49. The summed E-state index contributed by atoms with van der Waals surface area (Å²) in [5.74, 6) is -13.6. The molecule has 1 saturated heterocycles. The number of esters is 1. The van der Waals surface area contributed by atoms with E-state index in [0.29, 0.717) is 19.3 Å². The van der Waals surface area contributed by atoms with Crippen LogP contribution < -0.4 is 64.2 Å². The predicted molar refractivity (Wildman–Crippen MR) is 315 cm³/mol. The quantitative estimate of drug-likeness (QED) is 0.0418. The highest BCUT2D eigenvalue weighted by atomic mass is 19.3. The molecular formula is C59H94F2N12O14. The standard InChI is InChI=1S/C59H94F2N12O14/c1-13-29(5)44(70-52(80)39(63-12)24-36-20-18-17-19-21-36)54(82)64-33(9)49(77)66-38(22-23-42(62)75)51(79)69-46(31(7)15-3)56(84)71-45(30(6)14-2)55(83)67-40(28-74)53(81)72-48-35(11)87-58(86)47(32(8)16-4)68-43(76)27-59(26-37(59)25-41(60)61)73-50(78)34(10)65-57(48)85/h17-21,29-35,37-41,44-48,63,74H,13-16,22-28H2,1-12H3,(H2,62,75)(H,64,82)(H,65,85)(H,66,77)(H,67,83)(H,68,76)(H,69,79)(H,70,80)(H,71,84)(H,72,81)(H,73,78)/t29-,30-,31-,32-,33-,34-,35-,37+,38+,39+,40-,44-,45-,46+,47-,48+,59-/m0/s1. The van der Waals surface area contributed by atoms with E-state index in [9.17, 15) is 71.4 Å². The second-order valence-corrected chi connectivity index (χ2v) is 23.3. The van der Waals surface area contributed by atoms with E-state index >= 15 is 0 Å². The number of nitrogens with two attached hydrogens (primary N) is 1. The Morgan fingerprint density at radius 2 is 1.20 bits per heavy atom. The summed E-state index contributed by atoms with van der Waals surface area (Å²) < 4.78 is 32.8. The Labute approximate surface area is 507 Å². The third kappa shape index (κ3) is 22.1. The number of hydrogen-bond acceptors (Lipinski definition) is 15. The Kier molecular flexibility index (Phi) is 29.6. The largest absolute Gasteiger partial charge is 0.458 e. The van der Waals surface area contributed by atoms with Gasteiger partial charge in [0.1, 0.15) is 60.5 Å². The van der Waals surface area contributed by atoms with Gasteiger partial charge in [-0.2, -0.15) is 0 Å². The molecule has 0 unspecified atom stereocenters. The van der Waals surface area contributed by atoms with Crippen molar-refractivity contribution in [3.8, 4) is 0 Å². The van der Waals surface area contributed by atoms with Gasteiger partial charge in [-0.15, -0.1) is 0 Å². The van der Waals surface area contributed by atoms with Crippen LogP contribution in [0.1, 0.15) is 140 Å². The fourth-order valence-corrected chi connectivity index (χ4v) is 9.90. The van der Waals surface area contributed by atoms with E-state index in [4.69, 9.17) is 10.5 Å². The number of rotatable bonds is 31. The van der Waals surface area contributed by atoms with Crippen LogP contribution in [-0.4, -0.2) is 168 Å². The zero-order valence-corrected chi connectivity index (χ0v) is 52.1. The lowest BCUT2D eigenvalue weighted by Crippen LogP contribution is -2.63. The molecule has 0 radical (unpaired) electrons. The SMILES string of the molecule is CC[C@H](C)[C@H](NC(=O)[C@@H](Cc1ccccc1)NC)C(=O)N[C@@H](C)C(=O)N[C@H](CCC(N)=O)C(=O)N[C@@H](C(=O)N[C@H](C(=O)N[C@@H](CO)C(=O)N[C@H]1C(=O)N[C@@H](C)C(=O)N[C@]2(CC(=O)N[C@@H]([C@@H](C)CC)C(=O)O[C@H]1C)C[C@H]2CC(F)F)[C@@H](C)CC)[C@@H](C)CC. The van der Waals surface area contributed by atoms with Gasteiger partial charge >= 0.3 is 5.97 Å². The first-order valence-electron chi connectivity index (χ1n) is 30.0. The van der Waals surface area contributed by atoms with E-state index in [1.54, 1.807) is 55.5 Å². The number of ether oxygens (including phenoxy) is 1. The zero-order valence-electron chi connectivity index (χ0n) is 52.1. The number of halogens is 2. The Bertz CT molecular complexity index is 2570. The number of alkyl halides is 2. The Morgan fingerprint density at radius 3 is 1.70 bits per heavy atom. The molecule has 1 spiro atoms. The summed E-state index contributed by atoms with van der Waals surface area (Å²) >= 11 is 0. The maximum Gasteiger partial charge on any atom is 0.329 e. The Morgan fingerprint density at radius 1 is 0.678 bits per heavy atom. The second kappa shape index (κ2) is 34.8. The summed E-state index contributed by atoms with van der Waals surface area (Å²) in [5, 5.41) is 39.2. The van der Waals surface area contributed by atoms with E-state index < -0.39 is 199 Å². The fourth-order valence-electron chi connectivity index (χ4n) is 9.90. The Balaban J connectivity index is 1.84. The number of cyclic esters (lactones) is 1. The molecule has 11 amide bonds. The van der Waals surface area contributed by atoms with Gasteiger partial charge in [-0.3, -0.25) is 52.7 Å². The van der Waals surface area contributed by atoms with Gasteiger partial charge in [0.2, 0.25) is 71.4 Å². The number of nitrogens with one attached hydrogen (secondary N) is 11. The number of amides is 11. The maximum atomic E-state index is 14.4. The van der Waals surface area contributed by atoms with Crippen LogP contribution in [0.5, 0.6) is 0 Å². The normalized spacial score (nSPS) is 23.7. The summed E-state index contributed by atoms with van der Waals surface area (Å²) in [6.45, 7) is 16.4. The molecule has 1 aromatic rings. The van der Waals surface area contributed by atoms with Crippen molar-refractivity contribution in [2.45, 2.75) is 219 Å². The average molecular weight is 1230 g/mol. The molecule has 0 aromatic heterocycles. The van der Waals surface area contributed by atoms with Gasteiger partial charge in [0, 0.05) is 19.3 Å². The van der Waals surface area contributed by atoms with Crippen molar-refractivity contribution in [2.24, 2.45) is 35.3 Å². The van der Waals surface area contributed by atoms with Crippen LogP contribution in [0.15, 0.2) is 30.3 Å². The molecule has 1 aliphatic carbocycles. The molecular weight excluding hydrogens is 1140 g/mol. The van der Waals surface area contributed by atoms with Crippen molar-refractivity contribution in [3.05, 3.63) is 35.9 Å². The number of benzene rings is 1. The van der Waals surface area contributed by atoms with Crippen LogP contribution >= 0.6 is 0 Å². The monoisotopic (exact) mass is 1230 g/mol. The average Bonchev–Trinajstić information content (AvgIpc) is 1.63. The fraction of sp³-hybridized carbons (Fsp3) is 0.695. The number of hydrogen-bond donors (Lipinski definition) is 13. The van der Waals surface area contributed by atoms with E-state index in [0.717, 1.165) is 5.56 Å². The topological polar surface area (TPSA) is 393 Å². The van der Waals surface area contributed by atoms with Crippen molar-refractivity contribution in [2.75, 3.05) is 13.7 Å². The predicted octanol–water partition coefficient (Wildman–Crippen LogP) is -0.472. The Hall–Kier alpha value is -7.36. The number of primary amides is 1. The molecule has 28 heteroatoms. The summed E-state index contributed by atoms with van der Waals surface area (Å²) in [4.78, 5) is 165. The number of aliphatic hydroxyl groups excluding tert-OH is 1. The first-order valence-corrected chi connectivity index (χ1v) is 30.0. The van der Waals surface area contributed by atoms with Gasteiger partial charge in [-0.1, -0.05) is 111 Å². The number of likely N-dealkylation sites (N-methyl/N-ethyl adjacent to an activating group) is 1. The molecule has 14 N–H and O–H groups in total. The van der Waals surface area contributed by atoms with Crippen molar-refractivity contribution >= 4 is 70.9 Å². The van der Waals surface area contributed by atoms with Gasteiger partial charge in [0.25, 0.3) is 0 Å². The number of carbonyl (C=O) groups is 12. The number of aliphatic hydroxyl groups is 1. The molecule has 3 rings (SSSR count).